The standard InChI is InChI=1S/C11H15.BrH.Mg/c1-3-4-5-11-8-6-10(2)7-9-11;;/h3,6-9H,4-5H2,1-2H3;1H;/q-1;;+2/p-1. The molecule has 0 fully saturated rings. The van der Waals surface area contributed by atoms with Gasteiger partial charge in [0.05, 0.1) is 0 Å². The molecule has 2 heteroatoms. The SMILES string of the molecule is C[CH-]CCc1ccc(C)cc1.[Br-].[Mg+2]. The van der Waals surface area contributed by atoms with Crippen LogP contribution in [-0.2, 0) is 6.42 Å². The molecule has 13 heavy (non-hydrogen) atoms. The molecule has 0 aliphatic heterocycles. The molecule has 0 saturated heterocycles. The van der Waals surface area contributed by atoms with Gasteiger partial charge in [0, 0.05) is 0 Å². The van der Waals surface area contributed by atoms with Gasteiger partial charge in [-0.1, -0.05) is 41.8 Å². The minimum atomic E-state index is 0. The van der Waals surface area contributed by atoms with Gasteiger partial charge in [0.1, 0.15) is 0 Å². The molecule has 0 aromatic heterocycles. The van der Waals surface area contributed by atoms with E-state index in [9.17, 15) is 0 Å². The van der Waals surface area contributed by atoms with Gasteiger partial charge in [-0.05, 0) is 6.92 Å². The molecular weight excluding hydrogens is 236 g/mol. The Morgan fingerprint density at radius 2 is 1.69 bits per heavy atom. The summed E-state index contributed by atoms with van der Waals surface area (Å²) in [5, 5.41) is 0. The van der Waals surface area contributed by atoms with Gasteiger partial charge in [-0.2, -0.15) is 13.3 Å². The second-order valence-corrected chi connectivity index (χ2v) is 2.93. The average Bonchev–Trinajstić information content (AvgIpc) is 2.04. The normalized spacial score (nSPS) is 8.46. The number of aryl methyl sites for hydroxylation is 2. The van der Waals surface area contributed by atoms with Gasteiger partial charge < -0.3 is 23.4 Å². The van der Waals surface area contributed by atoms with Crippen molar-refractivity contribution < 1.29 is 17.0 Å². The minimum absolute atomic E-state index is 0. The Bertz CT molecular complexity index is 206. The van der Waals surface area contributed by atoms with E-state index in [1.54, 1.807) is 0 Å². The molecule has 0 nitrogen and oxygen atoms in total. The summed E-state index contributed by atoms with van der Waals surface area (Å²) in [4.78, 5) is 0. The quantitative estimate of drug-likeness (QED) is 0.514. The molecule has 0 bridgehead atoms. The first-order chi connectivity index (χ1) is 5.33. The van der Waals surface area contributed by atoms with Crippen molar-refractivity contribution in [2.24, 2.45) is 0 Å². The first-order valence-corrected chi connectivity index (χ1v) is 4.16. The van der Waals surface area contributed by atoms with E-state index in [1.165, 1.54) is 24.0 Å². The Labute approximate surface area is 108 Å². The molecule has 0 heterocycles. The molecule has 0 saturated carbocycles. The van der Waals surface area contributed by atoms with Crippen molar-refractivity contribution in [3.8, 4) is 0 Å². The fourth-order valence-electron chi connectivity index (χ4n) is 1.07. The number of halogens is 1. The van der Waals surface area contributed by atoms with E-state index in [1.807, 2.05) is 0 Å². The predicted octanol–water partition coefficient (Wildman–Crippen LogP) is -0.225. The minimum Gasteiger partial charge on any atom is -1.00 e. The van der Waals surface area contributed by atoms with Gasteiger partial charge in [0.25, 0.3) is 0 Å². The largest absolute Gasteiger partial charge is 2.00 e. The molecule has 1 aromatic carbocycles. The maximum Gasteiger partial charge on any atom is 2.00 e. The van der Waals surface area contributed by atoms with Crippen LogP contribution < -0.4 is 17.0 Å². The van der Waals surface area contributed by atoms with Crippen LogP contribution in [-0.4, -0.2) is 23.1 Å². The van der Waals surface area contributed by atoms with E-state index in [-0.39, 0.29) is 40.0 Å². The summed E-state index contributed by atoms with van der Waals surface area (Å²) in [6.07, 6.45) is 4.57. The molecule has 68 valence electrons. The molecule has 0 unspecified atom stereocenters. The van der Waals surface area contributed by atoms with Crippen LogP contribution in [0, 0.1) is 13.3 Å². The third-order valence-electron chi connectivity index (χ3n) is 1.84. The molecule has 0 N–H and O–H groups in total. The van der Waals surface area contributed by atoms with Gasteiger partial charge in [-0.25, -0.2) is 0 Å². The molecule has 0 amide bonds. The summed E-state index contributed by atoms with van der Waals surface area (Å²) in [6, 6.07) is 8.76. The summed E-state index contributed by atoms with van der Waals surface area (Å²) in [6.45, 7) is 4.23. The van der Waals surface area contributed by atoms with Gasteiger partial charge in [0.2, 0.25) is 0 Å². The van der Waals surface area contributed by atoms with E-state index in [0.29, 0.717) is 0 Å². The number of unbranched alkanes of at least 4 members (excludes halogenated alkanes) is 1. The van der Waals surface area contributed by atoms with Crippen LogP contribution in [0.2, 0.25) is 0 Å². The third kappa shape index (κ3) is 6.53. The zero-order valence-corrected chi connectivity index (χ0v) is 11.4. The Kier molecular flexibility index (Phi) is 11.1. The van der Waals surface area contributed by atoms with Crippen molar-refractivity contribution in [2.45, 2.75) is 26.7 Å². The number of hydrogen-bond acceptors (Lipinski definition) is 0. The van der Waals surface area contributed by atoms with E-state index < -0.39 is 0 Å². The van der Waals surface area contributed by atoms with Crippen LogP contribution in [0.25, 0.3) is 0 Å². The molecule has 0 aliphatic carbocycles. The molecule has 0 aliphatic rings. The van der Waals surface area contributed by atoms with Crippen molar-refractivity contribution in [1.82, 2.24) is 0 Å². The van der Waals surface area contributed by atoms with Crippen molar-refractivity contribution in [1.29, 1.82) is 0 Å². The number of benzene rings is 1. The van der Waals surface area contributed by atoms with E-state index in [2.05, 4.69) is 44.5 Å². The Balaban J connectivity index is 0. The topological polar surface area (TPSA) is 0 Å². The van der Waals surface area contributed by atoms with Crippen LogP contribution in [0.5, 0.6) is 0 Å². The van der Waals surface area contributed by atoms with Gasteiger partial charge in [-0.3, -0.25) is 0 Å². The Hall–Kier alpha value is 0.466. The summed E-state index contributed by atoms with van der Waals surface area (Å²) < 4.78 is 0. The summed E-state index contributed by atoms with van der Waals surface area (Å²) in [5.74, 6) is 0. The van der Waals surface area contributed by atoms with Gasteiger partial charge >= 0.3 is 23.1 Å². The second kappa shape index (κ2) is 9.04. The van der Waals surface area contributed by atoms with Crippen LogP contribution in [0.15, 0.2) is 24.3 Å². The zero-order valence-electron chi connectivity index (χ0n) is 8.39. The van der Waals surface area contributed by atoms with Crippen LogP contribution >= 0.6 is 0 Å². The third-order valence-corrected chi connectivity index (χ3v) is 1.84. The van der Waals surface area contributed by atoms with Gasteiger partial charge in [0.15, 0.2) is 0 Å². The first-order valence-electron chi connectivity index (χ1n) is 4.16. The first kappa shape index (κ1) is 15.9. The molecule has 1 aromatic rings. The Morgan fingerprint density at radius 1 is 1.15 bits per heavy atom. The molecule has 0 radical (unpaired) electrons. The smallest absolute Gasteiger partial charge is 1.00 e. The predicted molar refractivity (Wildman–Crippen MR) is 55.2 cm³/mol. The van der Waals surface area contributed by atoms with Gasteiger partial charge in [-0.15, -0.1) is 0 Å². The molecule has 0 atom stereocenters. The van der Waals surface area contributed by atoms with E-state index in [0.717, 1.165) is 0 Å². The maximum absolute atomic E-state index is 2.21. The number of rotatable bonds is 3. The summed E-state index contributed by atoms with van der Waals surface area (Å²) >= 11 is 0. The fourth-order valence-corrected chi connectivity index (χ4v) is 1.07. The second-order valence-electron chi connectivity index (χ2n) is 2.93. The zero-order chi connectivity index (χ0) is 8.10. The van der Waals surface area contributed by atoms with Crippen molar-refractivity contribution in [3.05, 3.63) is 41.8 Å². The van der Waals surface area contributed by atoms with E-state index in [4.69, 9.17) is 0 Å². The van der Waals surface area contributed by atoms with Crippen molar-refractivity contribution in [3.63, 3.8) is 0 Å². The van der Waals surface area contributed by atoms with E-state index >= 15 is 0 Å². The van der Waals surface area contributed by atoms with Crippen molar-refractivity contribution in [2.75, 3.05) is 0 Å². The van der Waals surface area contributed by atoms with Crippen molar-refractivity contribution >= 4 is 23.1 Å². The number of hydrogen-bond donors (Lipinski definition) is 0. The Morgan fingerprint density at radius 3 is 2.15 bits per heavy atom. The molecular formula is C11H15BrMg. The average molecular weight is 251 g/mol. The fraction of sp³-hybridized carbons (Fsp3) is 0.364. The summed E-state index contributed by atoms with van der Waals surface area (Å²) in [7, 11) is 0. The maximum atomic E-state index is 2.21. The summed E-state index contributed by atoms with van der Waals surface area (Å²) in [5.41, 5.74) is 2.78. The van der Waals surface area contributed by atoms with Crippen LogP contribution in [0.4, 0.5) is 0 Å². The molecule has 1 rings (SSSR count). The molecule has 0 spiro atoms. The monoisotopic (exact) mass is 250 g/mol. The van der Waals surface area contributed by atoms with Crippen LogP contribution in [0.3, 0.4) is 0 Å². The van der Waals surface area contributed by atoms with Crippen LogP contribution in [0.1, 0.15) is 24.5 Å².